The molecule has 1 fully saturated rings. The largest absolute Gasteiger partial charge is 0.391 e. The van der Waals surface area contributed by atoms with Gasteiger partial charge in [0.2, 0.25) is 0 Å². The molecule has 25 heavy (non-hydrogen) atoms. The Morgan fingerprint density at radius 1 is 1.00 bits per heavy atom. The van der Waals surface area contributed by atoms with E-state index in [-0.39, 0.29) is 5.92 Å². The summed E-state index contributed by atoms with van der Waals surface area (Å²) in [5, 5.41) is 10.3. The number of unbranched alkanes of at least 4 members (excludes halogenated alkanes) is 4. The van der Waals surface area contributed by atoms with Gasteiger partial charge in [-0.15, -0.1) is 0 Å². The van der Waals surface area contributed by atoms with Crippen molar-refractivity contribution in [2.45, 2.75) is 93.8 Å². The molecular weight excluding hydrogens is 332 g/mol. The van der Waals surface area contributed by atoms with Crippen molar-refractivity contribution < 1.29 is 13.5 Å². The minimum Gasteiger partial charge on any atom is -0.391 e. The molecule has 1 aliphatic rings. The standard InChI is InChI=1S/C21H34O3S/c1-2-3-4-5-12-17-20(21(22)18-13-8-6-9-14-18)25(23,24)19-15-10-7-11-16-19/h7,10-11,15-16,18,20-22H,2-6,8-9,12-14,17H2,1H3. The number of benzene rings is 1. The van der Waals surface area contributed by atoms with Crippen LogP contribution in [-0.4, -0.2) is 24.9 Å². The van der Waals surface area contributed by atoms with Crippen LogP contribution in [0, 0.1) is 5.92 Å². The van der Waals surface area contributed by atoms with Crippen LogP contribution in [0.4, 0.5) is 0 Å². The Morgan fingerprint density at radius 3 is 2.28 bits per heavy atom. The summed E-state index contributed by atoms with van der Waals surface area (Å²) in [4.78, 5) is 0.350. The summed E-state index contributed by atoms with van der Waals surface area (Å²) < 4.78 is 26.4. The van der Waals surface area contributed by atoms with E-state index in [0.717, 1.165) is 44.9 Å². The van der Waals surface area contributed by atoms with Gasteiger partial charge in [-0.1, -0.05) is 76.5 Å². The third-order valence-corrected chi connectivity index (χ3v) is 7.82. The van der Waals surface area contributed by atoms with E-state index in [9.17, 15) is 13.5 Å². The molecule has 0 bridgehead atoms. The van der Waals surface area contributed by atoms with Gasteiger partial charge in [0.25, 0.3) is 0 Å². The lowest BCUT2D eigenvalue weighted by Crippen LogP contribution is -2.40. The van der Waals surface area contributed by atoms with Crippen LogP contribution in [0.5, 0.6) is 0 Å². The second kappa shape index (κ2) is 10.3. The first-order valence-corrected chi connectivity index (χ1v) is 11.6. The fourth-order valence-electron chi connectivity index (χ4n) is 4.02. The third-order valence-electron chi connectivity index (χ3n) is 5.58. The van der Waals surface area contributed by atoms with Crippen LogP contribution in [0.15, 0.2) is 35.2 Å². The quantitative estimate of drug-likeness (QED) is 0.584. The maximum Gasteiger partial charge on any atom is 0.183 e. The normalized spacial score (nSPS) is 18.8. The maximum absolute atomic E-state index is 13.2. The van der Waals surface area contributed by atoms with Gasteiger partial charge in [-0.25, -0.2) is 8.42 Å². The molecule has 1 aliphatic carbocycles. The van der Waals surface area contributed by atoms with Crippen LogP contribution >= 0.6 is 0 Å². The molecule has 1 N–H and O–H groups in total. The van der Waals surface area contributed by atoms with Gasteiger partial charge in [0.05, 0.1) is 16.2 Å². The van der Waals surface area contributed by atoms with Gasteiger partial charge < -0.3 is 5.11 Å². The molecule has 1 aromatic carbocycles. The van der Waals surface area contributed by atoms with E-state index >= 15 is 0 Å². The Balaban J connectivity index is 2.12. The zero-order valence-electron chi connectivity index (χ0n) is 15.6. The molecule has 4 heteroatoms. The smallest absolute Gasteiger partial charge is 0.183 e. The van der Waals surface area contributed by atoms with Crippen LogP contribution in [0.1, 0.15) is 77.6 Å². The number of hydrogen-bond donors (Lipinski definition) is 1. The Kier molecular flexibility index (Phi) is 8.44. The fraction of sp³-hybridized carbons (Fsp3) is 0.714. The van der Waals surface area contributed by atoms with E-state index in [1.807, 2.05) is 6.07 Å². The lowest BCUT2D eigenvalue weighted by molar-refractivity contribution is 0.0775. The highest BCUT2D eigenvalue weighted by Crippen LogP contribution is 2.33. The molecule has 3 nitrogen and oxygen atoms in total. The van der Waals surface area contributed by atoms with Crippen molar-refractivity contribution in [3.05, 3.63) is 30.3 Å². The molecule has 0 saturated heterocycles. The highest BCUT2D eigenvalue weighted by molar-refractivity contribution is 7.92. The molecule has 1 saturated carbocycles. The first kappa shape index (κ1) is 20.4. The Labute approximate surface area is 153 Å². The number of sulfone groups is 1. The molecule has 0 amide bonds. The third kappa shape index (κ3) is 5.82. The zero-order chi connectivity index (χ0) is 18.1. The molecule has 0 spiro atoms. The van der Waals surface area contributed by atoms with E-state index in [0.29, 0.717) is 11.3 Å². The van der Waals surface area contributed by atoms with Crippen molar-refractivity contribution in [1.82, 2.24) is 0 Å². The lowest BCUT2D eigenvalue weighted by atomic mass is 9.83. The van der Waals surface area contributed by atoms with Crippen molar-refractivity contribution in [3.63, 3.8) is 0 Å². The van der Waals surface area contributed by atoms with E-state index in [1.165, 1.54) is 19.3 Å². The number of hydrogen-bond acceptors (Lipinski definition) is 3. The summed E-state index contributed by atoms with van der Waals surface area (Å²) >= 11 is 0. The predicted molar refractivity (Wildman–Crippen MR) is 103 cm³/mol. The summed E-state index contributed by atoms with van der Waals surface area (Å²) in [5.41, 5.74) is 0. The van der Waals surface area contributed by atoms with E-state index in [2.05, 4.69) is 6.92 Å². The molecule has 0 aliphatic heterocycles. The van der Waals surface area contributed by atoms with Gasteiger partial charge >= 0.3 is 0 Å². The summed E-state index contributed by atoms with van der Waals surface area (Å²) in [6.07, 6.45) is 10.6. The SMILES string of the molecule is CCCCCCCC(C(O)C1CCCCC1)S(=O)(=O)c1ccccc1. The Bertz CT molecular complexity index is 576. The van der Waals surface area contributed by atoms with Gasteiger partial charge in [0.1, 0.15) is 0 Å². The van der Waals surface area contributed by atoms with Gasteiger partial charge in [-0.05, 0) is 37.3 Å². The summed E-state index contributed by atoms with van der Waals surface area (Å²) in [7, 11) is -3.49. The maximum atomic E-state index is 13.2. The fourth-order valence-corrected chi connectivity index (χ4v) is 5.98. The second-order valence-corrected chi connectivity index (χ2v) is 9.66. The predicted octanol–water partition coefficient (Wildman–Crippen LogP) is 5.13. The van der Waals surface area contributed by atoms with Crippen LogP contribution in [0.3, 0.4) is 0 Å². The Hall–Kier alpha value is -0.870. The van der Waals surface area contributed by atoms with E-state index < -0.39 is 21.2 Å². The number of rotatable bonds is 10. The van der Waals surface area contributed by atoms with E-state index in [1.54, 1.807) is 24.3 Å². The average molecular weight is 367 g/mol. The molecule has 2 unspecified atom stereocenters. The molecule has 2 atom stereocenters. The number of aliphatic hydroxyl groups excluding tert-OH is 1. The minimum atomic E-state index is -3.49. The molecule has 0 heterocycles. The lowest BCUT2D eigenvalue weighted by Gasteiger charge is -2.32. The van der Waals surface area contributed by atoms with Gasteiger partial charge in [-0.2, -0.15) is 0 Å². The molecule has 0 aromatic heterocycles. The summed E-state index contributed by atoms with van der Waals surface area (Å²) in [6, 6.07) is 8.67. The molecule has 142 valence electrons. The molecule has 0 radical (unpaired) electrons. The van der Waals surface area contributed by atoms with Gasteiger partial charge in [0, 0.05) is 0 Å². The first-order chi connectivity index (χ1) is 12.1. The van der Waals surface area contributed by atoms with Crippen LogP contribution in [-0.2, 0) is 9.84 Å². The summed E-state index contributed by atoms with van der Waals surface area (Å²) in [5.74, 6) is 0.132. The Morgan fingerprint density at radius 2 is 1.64 bits per heavy atom. The number of aliphatic hydroxyl groups is 1. The van der Waals surface area contributed by atoms with E-state index in [4.69, 9.17) is 0 Å². The topological polar surface area (TPSA) is 54.4 Å². The van der Waals surface area contributed by atoms with Crippen molar-refractivity contribution in [2.75, 3.05) is 0 Å². The van der Waals surface area contributed by atoms with Gasteiger partial charge in [0.15, 0.2) is 9.84 Å². The minimum absolute atomic E-state index is 0.132. The zero-order valence-corrected chi connectivity index (χ0v) is 16.4. The average Bonchev–Trinajstić information content (AvgIpc) is 2.65. The van der Waals surface area contributed by atoms with Crippen LogP contribution in [0.2, 0.25) is 0 Å². The van der Waals surface area contributed by atoms with Crippen molar-refractivity contribution in [3.8, 4) is 0 Å². The summed E-state index contributed by atoms with van der Waals surface area (Å²) in [6.45, 7) is 2.18. The van der Waals surface area contributed by atoms with Crippen molar-refractivity contribution in [1.29, 1.82) is 0 Å². The monoisotopic (exact) mass is 366 g/mol. The highest BCUT2D eigenvalue weighted by Gasteiger charge is 2.37. The first-order valence-electron chi connectivity index (χ1n) is 10.0. The molecule has 2 rings (SSSR count). The molecular formula is C21H34O3S. The molecule has 1 aromatic rings. The van der Waals surface area contributed by atoms with Crippen molar-refractivity contribution >= 4 is 9.84 Å². The van der Waals surface area contributed by atoms with Crippen LogP contribution < -0.4 is 0 Å². The van der Waals surface area contributed by atoms with Gasteiger partial charge in [-0.3, -0.25) is 0 Å². The highest BCUT2D eigenvalue weighted by atomic mass is 32.2. The van der Waals surface area contributed by atoms with Crippen LogP contribution in [0.25, 0.3) is 0 Å². The van der Waals surface area contributed by atoms with Crippen molar-refractivity contribution in [2.24, 2.45) is 5.92 Å². The second-order valence-electron chi connectivity index (χ2n) is 7.49.